The lowest BCUT2D eigenvalue weighted by molar-refractivity contribution is 0.315. The zero-order valence-corrected chi connectivity index (χ0v) is 15.5. The Bertz CT molecular complexity index is 721. The maximum atomic E-state index is 4.90. The Hall–Kier alpha value is -1.83. The second-order valence-corrected chi connectivity index (χ2v) is 16.6. The van der Waals surface area contributed by atoms with E-state index in [0.717, 1.165) is 11.1 Å². The van der Waals surface area contributed by atoms with Crippen molar-refractivity contribution in [1.82, 2.24) is 10.3 Å². The van der Waals surface area contributed by atoms with Crippen LogP contribution in [0.4, 0.5) is 0 Å². The summed E-state index contributed by atoms with van der Waals surface area (Å²) in [7, 11) is -2.85. The minimum atomic E-state index is -1.42. The monoisotopic (exact) mass is 312 g/mol. The molecule has 5 heteroatoms. The van der Waals surface area contributed by atoms with Crippen molar-refractivity contribution >= 4 is 27.2 Å². The predicted molar refractivity (Wildman–Crippen MR) is 92.3 cm³/mol. The van der Waals surface area contributed by atoms with Crippen LogP contribution in [0.5, 0.6) is 0 Å². The van der Waals surface area contributed by atoms with Crippen molar-refractivity contribution in [1.29, 1.82) is 0 Å². The quantitative estimate of drug-likeness (QED) is 0.550. The van der Waals surface area contributed by atoms with Crippen LogP contribution >= 0.6 is 0 Å². The fraction of sp³-hybridized carbons (Fsp3) is 0.375. The third-order valence-corrected chi connectivity index (χ3v) is 4.31. The largest absolute Gasteiger partial charge is 0.243 e. The van der Waals surface area contributed by atoms with Gasteiger partial charge in [-0.2, -0.15) is 0 Å². The van der Waals surface area contributed by atoms with Crippen molar-refractivity contribution in [3.63, 3.8) is 0 Å². The van der Waals surface area contributed by atoms with Crippen LogP contribution < -0.4 is 0 Å². The molecule has 0 radical (unpaired) electrons. The van der Waals surface area contributed by atoms with E-state index < -0.39 is 16.1 Å². The van der Waals surface area contributed by atoms with Crippen molar-refractivity contribution in [2.75, 3.05) is 0 Å². The van der Waals surface area contributed by atoms with Gasteiger partial charge in [-0.15, -0.1) is 11.1 Å². The van der Waals surface area contributed by atoms with Crippen LogP contribution in [-0.4, -0.2) is 26.5 Å². The van der Waals surface area contributed by atoms with Gasteiger partial charge in [0.2, 0.25) is 0 Å². The van der Waals surface area contributed by atoms with Crippen LogP contribution in [0.2, 0.25) is 39.3 Å². The van der Waals surface area contributed by atoms with Gasteiger partial charge in [0.1, 0.15) is 16.1 Å². The van der Waals surface area contributed by atoms with Gasteiger partial charge in [-0.3, -0.25) is 0 Å². The number of nitrogens with zero attached hydrogens (tertiary/aromatic N) is 2. The molecule has 0 N–H and O–H groups in total. The van der Waals surface area contributed by atoms with Crippen molar-refractivity contribution in [2.24, 2.45) is 0 Å². The summed E-state index contributed by atoms with van der Waals surface area (Å²) in [5, 5.41) is 7.99. The molecule has 0 amide bonds. The zero-order chi connectivity index (χ0) is 15.7. The van der Waals surface area contributed by atoms with Crippen LogP contribution in [0.3, 0.4) is 0 Å². The average Bonchev–Trinajstić information content (AvgIpc) is 2.81. The molecule has 0 saturated carbocycles. The van der Waals surface area contributed by atoms with Crippen molar-refractivity contribution in [3.8, 4) is 22.9 Å². The van der Waals surface area contributed by atoms with Gasteiger partial charge >= 0.3 is 0 Å². The SMILES string of the molecule is C[Si](C)(C)C#Cc1ccc(C#C[Si](C)(C)C)c2nonc12. The first-order valence-electron chi connectivity index (χ1n) is 6.97. The van der Waals surface area contributed by atoms with E-state index in [2.05, 4.69) is 72.5 Å². The minimum Gasteiger partial charge on any atom is -0.243 e. The number of fused-ring (bicyclic) bond motifs is 1. The maximum absolute atomic E-state index is 4.90. The highest BCUT2D eigenvalue weighted by atomic mass is 28.3. The first-order valence-corrected chi connectivity index (χ1v) is 14.0. The van der Waals surface area contributed by atoms with Crippen LogP contribution in [0.25, 0.3) is 11.0 Å². The van der Waals surface area contributed by atoms with Crippen LogP contribution in [0, 0.1) is 22.9 Å². The third-order valence-electron chi connectivity index (χ3n) is 2.56. The molecule has 1 aromatic carbocycles. The van der Waals surface area contributed by atoms with Gasteiger partial charge in [-0.25, -0.2) is 4.63 Å². The molecule has 0 unspecified atom stereocenters. The Kier molecular flexibility index (Phi) is 4.09. The van der Waals surface area contributed by atoms with E-state index in [4.69, 9.17) is 4.63 Å². The topological polar surface area (TPSA) is 38.9 Å². The lowest BCUT2D eigenvalue weighted by atomic mass is 10.1. The molecule has 21 heavy (non-hydrogen) atoms. The van der Waals surface area contributed by atoms with E-state index in [1.54, 1.807) is 0 Å². The maximum Gasteiger partial charge on any atom is 0.152 e. The fourth-order valence-electron chi connectivity index (χ4n) is 1.58. The minimum absolute atomic E-state index is 0.711. The Morgan fingerprint density at radius 2 is 1.14 bits per heavy atom. The number of aromatic nitrogens is 2. The summed E-state index contributed by atoms with van der Waals surface area (Å²) in [6.07, 6.45) is 0. The molecular formula is C16H20N2OSi2. The summed E-state index contributed by atoms with van der Waals surface area (Å²) in [6.45, 7) is 13.3. The summed E-state index contributed by atoms with van der Waals surface area (Å²) >= 11 is 0. The van der Waals surface area contributed by atoms with Crippen LogP contribution in [0.15, 0.2) is 16.8 Å². The van der Waals surface area contributed by atoms with Gasteiger partial charge in [-0.05, 0) is 22.4 Å². The highest BCUT2D eigenvalue weighted by Gasteiger charge is 2.12. The van der Waals surface area contributed by atoms with E-state index in [-0.39, 0.29) is 0 Å². The van der Waals surface area contributed by atoms with Crippen molar-refractivity contribution in [2.45, 2.75) is 39.3 Å². The molecule has 1 heterocycles. The molecule has 3 nitrogen and oxygen atoms in total. The average molecular weight is 313 g/mol. The van der Waals surface area contributed by atoms with Gasteiger partial charge in [0, 0.05) is 0 Å². The Labute approximate surface area is 128 Å². The highest BCUT2D eigenvalue weighted by Crippen LogP contribution is 2.18. The van der Waals surface area contributed by atoms with Crippen LogP contribution in [-0.2, 0) is 0 Å². The third kappa shape index (κ3) is 4.32. The second kappa shape index (κ2) is 5.52. The van der Waals surface area contributed by atoms with Gasteiger partial charge < -0.3 is 0 Å². The summed E-state index contributed by atoms with van der Waals surface area (Å²) < 4.78 is 4.90. The number of rotatable bonds is 0. The second-order valence-electron chi connectivity index (χ2n) is 7.12. The molecule has 2 aromatic rings. The molecule has 0 saturated heterocycles. The summed E-state index contributed by atoms with van der Waals surface area (Å²) in [5.74, 6) is 6.45. The Morgan fingerprint density at radius 1 is 0.762 bits per heavy atom. The normalized spacial score (nSPS) is 11.5. The molecule has 1 aromatic heterocycles. The first kappa shape index (κ1) is 15.6. The molecule has 0 aliphatic rings. The fourth-order valence-corrected chi connectivity index (χ4v) is 2.60. The van der Waals surface area contributed by atoms with E-state index >= 15 is 0 Å². The van der Waals surface area contributed by atoms with Crippen molar-refractivity contribution < 1.29 is 4.63 Å². The highest BCUT2D eigenvalue weighted by molar-refractivity contribution is 6.84. The van der Waals surface area contributed by atoms with Crippen molar-refractivity contribution in [3.05, 3.63) is 23.3 Å². The molecule has 0 aliphatic carbocycles. The van der Waals surface area contributed by atoms with E-state index in [1.807, 2.05) is 12.1 Å². The number of benzene rings is 1. The molecular weight excluding hydrogens is 292 g/mol. The lowest BCUT2D eigenvalue weighted by Crippen LogP contribution is -2.16. The standard InChI is InChI=1S/C16H20N2OSi2/c1-20(2,3)11-9-13-7-8-14(10-12-21(4,5)6)16-15(13)17-19-18-16/h7-8H,1-6H3. The van der Waals surface area contributed by atoms with Gasteiger partial charge in [-0.1, -0.05) is 51.1 Å². The Morgan fingerprint density at radius 3 is 1.48 bits per heavy atom. The number of hydrogen-bond acceptors (Lipinski definition) is 3. The molecule has 0 spiro atoms. The molecule has 0 fully saturated rings. The molecule has 0 atom stereocenters. The zero-order valence-electron chi connectivity index (χ0n) is 13.5. The lowest BCUT2D eigenvalue weighted by Gasteiger charge is -2.04. The molecule has 0 aliphatic heterocycles. The number of hydrogen-bond donors (Lipinski definition) is 0. The first-order chi connectivity index (χ1) is 9.66. The summed E-state index contributed by atoms with van der Waals surface area (Å²) in [5.41, 5.74) is 9.85. The Balaban J connectivity index is 2.53. The van der Waals surface area contributed by atoms with E-state index in [0.29, 0.717) is 11.0 Å². The molecule has 2 rings (SSSR count). The van der Waals surface area contributed by atoms with Gasteiger partial charge in [0.15, 0.2) is 11.0 Å². The molecule has 0 bridgehead atoms. The van der Waals surface area contributed by atoms with Gasteiger partial charge in [0.05, 0.1) is 11.1 Å². The summed E-state index contributed by atoms with van der Waals surface area (Å²) in [4.78, 5) is 0. The van der Waals surface area contributed by atoms with E-state index in [1.165, 1.54) is 0 Å². The molecule has 108 valence electrons. The smallest absolute Gasteiger partial charge is 0.152 e. The van der Waals surface area contributed by atoms with E-state index in [9.17, 15) is 0 Å². The predicted octanol–water partition coefficient (Wildman–Crippen LogP) is 3.68. The van der Waals surface area contributed by atoms with Gasteiger partial charge in [0.25, 0.3) is 0 Å². The summed E-state index contributed by atoms with van der Waals surface area (Å²) in [6, 6.07) is 3.93. The van der Waals surface area contributed by atoms with Crippen LogP contribution in [0.1, 0.15) is 11.1 Å².